The first-order valence-electron chi connectivity index (χ1n) is 7.21. The van der Waals surface area contributed by atoms with Crippen LogP contribution < -0.4 is 0 Å². The van der Waals surface area contributed by atoms with Gasteiger partial charge in [-0.1, -0.05) is 42.1 Å². The summed E-state index contributed by atoms with van der Waals surface area (Å²) in [5.41, 5.74) is 2.64. The third-order valence-corrected chi connectivity index (χ3v) is 4.16. The zero-order valence-corrected chi connectivity index (χ0v) is 13.4. The lowest BCUT2D eigenvalue weighted by atomic mass is 10.2. The summed E-state index contributed by atoms with van der Waals surface area (Å²) in [6, 6.07) is 15.8. The molecule has 118 valence electrons. The molecule has 1 aromatic heterocycles. The first-order valence-corrected chi connectivity index (χ1v) is 8.19. The highest BCUT2D eigenvalue weighted by molar-refractivity contribution is 7.98. The van der Waals surface area contributed by atoms with E-state index < -0.39 is 0 Å². The summed E-state index contributed by atoms with van der Waals surface area (Å²) in [5.74, 6) is 1.11. The van der Waals surface area contributed by atoms with E-state index in [1.54, 1.807) is 30.3 Å². The Hall–Kier alpha value is -2.91. The van der Waals surface area contributed by atoms with E-state index in [4.69, 9.17) is 5.26 Å². The molecule has 3 rings (SSSR count). The van der Waals surface area contributed by atoms with Gasteiger partial charge in [0.25, 0.3) is 0 Å². The van der Waals surface area contributed by atoms with Gasteiger partial charge in [-0.25, -0.2) is 9.37 Å². The molecule has 0 aliphatic heterocycles. The van der Waals surface area contributed by atoms with Crippen molar-refractivity contribution in [3.63, 3.8) is 0 Å². The van der Waals surface area contributed by atoms with Crippen molar-refractivity contribution in [2.24, 2.45) is 0 Å². The van der Waals surface area contributed by atoms with Crippen LogP contribution in [0.25, 0.3) is 12.2 Å². The van der Waals surface area contributed by atoms with E-state index in [9.17, 15) is 4.39 Å². The summed E-state index contributed by atoms with van der Waals surface area (Å²) in [4.78, 5) is 4.37. The average molecular weight is 336 g/mol. The zero-order chi connectivity index (χ0) is 16.8. The third kappa shape index (κ3) is 4.31. The van der Waals surface area contributed by atoms with E-state index in [1.165, 1.54) is 23.9 Å². The SMILES string of the molecule is N#Cc1ccc(CSc2n[nH]c(/C=C/c3ccc(F)cc3)n2)cc1. The van der Waals surface area contributed by atoms with Crippen molar-refractivity contribution in [3.8, 4) is 6.07 Å². The largest absolute Gasteiger partial charge is 0.259 e. The maximum absolute atomic E-state index is 12.8. The molecule has 1 heterocycles. The number of hydrogen-bond acceptors (Lipinski definition) is 4. The Morgan fingerprint density at radius 1 is 1.08 bits per heavy atom. The molecule has 6 heteroatoms. The Kier molecular flexibility index (Phi) is 5.04. The Morgan fingerprint density at radius 2 is 1.83 bits per heavy atom. The summed E-state index contributed by atoms with van der Waals surface area (Å²) < 4.78 is 12.8. The number of benzene rings is 2. The van der Waals surface area contributed by atoms with Gasteiger partial charge in [-0.3, -0.25) is 5.10 Å². The van der Waals surface area contributed by atoms with E-state index in [0.29, 0.717) is 16.5 Å². The fourth-order valence-corrected chi connectivity index (χ4v) is 2.73. The number of aromatic nitrogens is 3. The van der Waals surface area contributed by atoms with Gasteiger partial charge in [0.05, 0.1) is 11.6 Å². The first-order chi connectivity index (χ1) is 11.7. The number of nitrogens with zero attached hydrogens (tertiary/aromatic N) is 3. The molecule has 0 aliphatic carbocycles. The third-order valence-electron chi connectivity index (χ3n) is 3.24. The maximum Gasteiger partial charge on any atom is 0.209 e. The van der Waals surface area contributed by atoms with Crippen LogP contribution in [-0.2, 0) is 5.75 Å². The van der Waals surface area contributed by atoms with Crippen molar-refractivity contribution in [3.05, 3.63) is 76.9 Å². The van der Waals surface area contributed by atoms with Gasteiger partial charge in [0.2, 0.25) is 5.16 Å². The highest BCUT2D eigenvalue weighted by Crippen LogP contribution is 2.19. The highest BCUT2D eigenvalue weighted by Gasteiger charge is 2.03. The smallest absolute Gasteiger partial charge is 0.209 e. The van der Waals surface area contributed by atoms with Crippen LogP contribution in [0.5, 0.6) is 0 Å². The van der Waals surface area contributed by atoms with Gasteiger partial charge in [0.1, 0.15) is 11.6 Å². The molecule has 0 amide bonds. The van der Waals surface area contributed by atoms with Crippen LogP contribution in [0.2, 0.25) is 0 Å². The second-order valence-corrected chi connectivity index (χ2v) is 5.93. The number of nitriles is 1. The number of halogens is 1. The molecule has 2 aromatic carbocycles. The molecule has 0 spiro atoms. The predicted molar refractivity (Wildman–Crippen MR) is 92.4 cm³/mol. The number of nitrogens with one attached hydrogen (secondary N) is 1. The van der Waals surface area contributed by atoms with Crippen molar-refractivity contribution >= 4 is 23.9 Å². The molecule has 4 nitrogen and oxygen atoms in total. The van der Waals surface area contributed by atoms with Gasteiger partial charge in [-0.05, 0) is 41.5 Å². The fourth-order valence-electron chi connectivity index (χ4n) is 1.97. The summed E-state index contributed by atoms with van der Waals surface area (Å²) >= 11 is 1.51. The molecule has 24 heavy (non-hydrogen) atoms. The number of H-pyrrole nitrogens is 1. The number of hydrogen-bond donors (Lipinski definition) is 1. The molecule has 0 aliphatic rings. The molecule has 0 unspecified atom stereocenters. The maximum atomic E-state index is 12.8. The number of rotatable bonds is 5. The van der Waals surface area contributed by atoms with Gasteiger partial charge < -0.3 is 0 Å². The summed E-state index contributed by atoms with van der Waals surface area (Å²) in [6.45, 7) is 0. The number of aromatic amines is 1. The van der Waals surface area contributed by atoms with Gasteiger partial charge >= 0.3 is 0 Å². The van der Waals surface area contributed by atoms with Gasteiger partial charge in [0, 0.05) is 5.75 Å². The minimum absolute atomic E-state index is 0.256. The normalized spacial score (nSPS) is 10.8. The van der Waals surface area contributed by atoms with Crippen LogP contribution >= 0.6 is 11.8 Å². The summed E-state index contributed by atoms with van der Waals surface area (Å²) in [5, 5.41) is 16.4. The molecular weight excluding hydrogens is 323 g/mol. The van der Waals surface area contributed by atoms with Crippen LogP contribution in [0.1, 0.15) is 22.5 Å². The molecule has 0 bridgehead atoms. The molecule has 1 N–H and O–H groups in total. The average Bonchev–Trinajstić information content (AvgIpc) is 3.08. The van der Waals surface area contributed by atoms with Crippen LogP contribution in [0.3, 0.4) is 0 Å². The van der Waals surface area contributed by atoms with Gasteiger partial charge in [0.15, 0.2) is 0 Å². The van der Waals surface area contributed by atoms with Crippen LogP contribution in [0, 0.1) is 17.1 Å². The van der Waals surface area contributed by atoms with Crippen molar-refractivity contribution in [2.75, 3.05) is 0 Å². The van der Waals surface area contributed by atoms with Crippen molar-refractivity contribution in [1.82, 2.24) is 15.2 Å². The minimum Gasteiger partial charge on any atom is -0.259 e. The Morgan fingerprint density at radius 3 is 2.54 bits per heavy atom. The van der Waals surface area contributed by atoms with Gasteiger partial charge in [-0.15, -0.1) is 5.10 Å². The van der Waals surface area contributed by atoms with Crippen molar-refractivity contribution in [2.45, 2.75) is 10.9 Å². The van der Waals surface area contributed by atoms with Crippen LogP contribution in [0.4, 0.5) is 4.39 Å². The van der Waals surface area contributed by atoms with E-state index >= 15 is 0 Å². The Bertz CT molecular complexity index is 877. The molecule has 3 aromatic rings. The lowest BCUT2D eigenvalue weighted by Gasteiger charge is -1.97. The molecule has 0 saturated carbocycles. The van der Waals surface area contributed by atoms with E-state index in [-0.39, 0.29) is 5.82 Å². The molecule has 0 atom stereocenters. The second kappa shape index (κ2) is 7.57. The molecular formula is C18H13FN4S. The first kappa shape index (κ1) is 16.0. The second-order valence-electron chi connectivity index (χ2n) is 4.99. The summed E-state index contributed by atoms with van der Waals surface area (Å²) in [6.07, 6.45) is 3.64. The van der Waals surface area contributed by atoms with Crippen LogP contribution in [0.15, 0.2) is 53.7 Å². The summed E-state index contributed by atoms with van der Waals surface area (Å²) in [7, 11) is 0. The van der Waals surface area contributed by atoms with E-state index in [1.807, 2.05) is 18.2 Å². The standard InChI is InChI=1S/C18H13FN4S/c19-16-8-5-13(6-9-16)7-10-17-21-18(23-22-17)24-12-15-3-1-14(11-20)2-4-15/h1-10H,12H2,(H,21,22,23)/b10-7+. The fraction of sp³-hybridized carbons (Fsp3) is 0.0556. The quantitative estimate of drug-likeness (QED) is 0.706. The lowest BCUT2D eigenvalue weighted by Crippen LogP contribution is -1.83. The van der Waals surface area contributed by atoms with E-state index in [2.05, 4.69) is 21.3 Å². The molecule has 0 saturated heterocycles. The van der Waals surface area contributed by atoms with Crippen molar-refractivity contribution < 1.29 is 4.39 Å². The topological polar surface area (TPSA) is 65.4 Å². The molecule has 0 fully saturated rings. The Labute approximate surface area is 143 Å². The highest BCUT2D eigenvalue weighted by atomic mass is 32.2. The lowest BCUT2D eigenvalue weighted by molar-refractivity contribution is 0.628. The van der Waals surface area contributed by atoms with Crippen LogP contribution in [-0.4, -0.2) is 15.2 Å². The monoisotopic (exact) mass is 336 g/mol. The minimum atomic E-state index is -0.256. The van der Waals surface area contributed by atoms with Crippen molar-refractivity contribution in [1.29, 1.82) is 5.26 Å². The molecule has 0 radical (unpaired) electrons. The number of thioether (sulfide) groups is 1. The predicted octanol–water partition coefficient (Wildman–Crippen LogP) is 4.28. The van der Waals surface area contributed by atoms with E-state index in [0.717, 1.165) is 16.9 Å². The van der Waals surface area contributed by atoms with Gasteiger partial charge in [-0.2, -0.15) is 5.26 Å². The zero-order valence-electron chi connectivity index (χ0n) is 12.6. The Balaban J connectivity index is 1.58.